The standard InChI is InChI=1S/C27H38N7O8P/c1-15(2)40-24(36)16(3)32-43(38,42-18-9-7-6-8-10-18)39-13-19-21(35)27(4,37)25(41-19)34-14-29-20-22(33(5)17-11-12-17)30-26(28)31-23(20)34/h6-10,14-17,19,21,25,35,37H,11-13H2,1-5H3,(H,32,38)(H2,28,30,31)/t16-,19+,21+,25+,27+,43-/m0/s1. The maximum atomic E-state index is 13.9. The van der Waals surface area contributed by atoms with Gasteiger partial charge in [-0.25, -0.2) is 9.55 Å². The Balaban J connectivity index is 1.37. The van der Waals surface area contributed by atoms with Crippen LogP contribution in [0.15, 0.2) is 36.7 Å². The van der Waals surface area contributed by atoms with Gasteiger partial charge in [0.15, 0.2) is 23.2 Å². The van der Waals surface area contributed by atoms with E-state index in [1.807, 2.05) is 11.9 Å². The van der Waals surface area contributed by atoms with Crippen molar-refractivity contribution in [2.75, 3.05) is 24.3 Å². The maximum Gasteiger partial charge on any atom is 0.459 e. The van der Waals surface area contributed by atoms with E-state index in [2.05, 4.69) is 20.0 Å². The number of imidazole rings is 1. The molecule has 2 aliphatic rings. The molecule has 6 atom stereocenters. The monoisotopic (exact) mass is 619 g/mol. The Kier molecular flexibility index (Phi) is 8.67. The molecular weight excluding hydrogens is 581 g/mol. The van der Waals surface area contributed by atoms with Gasteiger partial charge in [-0.2, -0.15) is 15.1 Å². The number of nitrogens with two attached hydrogens (primary N) is 1. The van der Waals surface area contributed by atoms with Crippen molar-refractivity contribution in [2.24, 2.45) is 0 Å². The number of fused-ring (bicyclic) bond motifs is 1. The van der Waals surface area contributed by atoms with Crippen molar-refractivity contribution in [3.63, 3.8) is 0 Å². The molecule has 0 amide bonds. The van der Waals surface area contributed by atoms with Crippen LogP contribution in [0, 0.1) is 0 Å². The molecule has 0 bridgehead atoms. The lowest BCUT2D eigenvalue weighted by Gasteiger charge is -2.27. The number of carbonyl (C=O) groups excluding carboxylic acids is 1. The first kappa shape index (κ1) is 31.1. The molecule has 1 aliphatic heterocycles. The van der Waals surface area contributed by atoms with E-state index in [0.29, 0.717) is 23.0 Å². The van der Waals surface area contributed by atoms with E-state index in [1.54, 1.807) is 44.2 Å². The van der Waals surface area contributed by atoms with Crippen LogP contribution in [0.1, 0.15) is 46.8 Å². The van der Waals surface area contributed by atoms with Gasteiger partial charge in [-0.3, -0.25) is 13.9 Å². The molecule has 5 rings (SSSR count). The van der Waals surface area contributed by atoms with Gasteiger partial charge in [0, 0.05) is 13.1 Å². The Morgan fingerprint density at radius 3 is 2.63 bits per heavy atom. The zero-order chi connectivity index (χ0) is 31.1. The number of nitrogen functional groups attached to an aromatic ring is 1. The minimum absolute atomic E-state index is 0.0185. The van der Waals surface area contributed by atoms with Crippen molar-refractivity contribution in [3.05, 3.63) is 36.7 Å². The van der Waals surface area contributed by atoms with Gasteiger partial charge in [0.1, 0.15) is 29.6 Å². The molecule has 15 nitrogen and oxygen atoms in total. The maximum absolute atomic E-state index is 13.9. The Bertz CT molecular complexity index is 1500. The Morgan fingerprint density at radius 1 is 1.28 bits per heavy atom. The highest BCUT2D eigenvalue weighted by Gasteiger charge is 2.54. The number of esters is 1. The summed E-state index contributed by atoms with van der Waals surface area (Å²) in [5.41, 5.74) is 4.95. The van der Waals surface area contributed by atoms with Gasteiger partial charge >= 0.3 is 13.7 Å². The van der Waals surface area contributed by atoms with Crippen molar-refractivity contribution < 1.29 is 38.1 Å². The molecule has 1 saturated carbocycles. The van der Waals surface area contributed by atoms with Gasteiger partial charge in [-0.15, -0.1) is 0 Å². The number of ether oxygens (including phenoxy) is 2. The summed E-state index contributed by atoms with van der Waals surface area (Å²) in [5.74, 6) is 0.132. The highest BCUT2D eigenvalue weighted by Crippen LogP contribution is 2.47. The molecule has 16 heteroatoms. The molecule has 0 unspecified atom stereocenters. The van der Waals surface area contributed by atoms with Gasteiger partial charge in [0.05, 0.1) is 19.0 Å². The molecule has 0 radical (unpaired) electrons. The zero-order valence-electron chi connectivity index (χ0n) is 24.7. The third kappa shape index (κ3) is 6.61. The van der Waals surface area contributed by atoms with E-state index in [4.69, 9.17) is 24.3 Å². The van der Waals surface area contributed by atoms with Crippen LogP contribution in [-0.4, -0.2) is 85.4 Å². The first-order valence-corrected chi connectivity index (χ1v) is 15.6. The molecule has 2 aromatic heterocycles. The molecule has 5 N–H and O–H groups in total. The molecule has 43 heavy (non-hydrogen) atoms. The van der Waals surface area contributed by atoms with Crippen LogP contribution in [-0.2, 0) is 23.4 Å². The van der Waals surface area contributed by atoms with Gasteiger partial charge in [-0.1, -0.05) is 18.2 Å². The minimum atomic E-state index is -4.25. The number of rotatable bonds is 12. The summed E-state index contributed by atoms with van der Waals surface area (Å²) >= 11 is 0. The lowest BCUT2D eigenvalue weighted by atomic mass is 9.96. The smallest absolute Gasteiger partial charge is 0.459 e. The molecular formula is C27H38N7O8P. The molecule has 1 aliphatic carbocycles. The van der Waals surface area contributed by atoms with Crippen molar-refractivity contribution in [1.82, 2.24) is 24.6 Å². The van der Waals surface area contributed by atoms with Gasteiger partial charge in [-0.05, 0) is 52.7 Å². The Morgan fingerprint density at radius 2 is 1.98 bits per heavy atom. The summed E-state index contributed by atoms with van der Waals surface area (Å²) in [7, 11) is -2.34. The lowest BCUT2D eigenvalue weighted by Crippen LogP contribution is -2.44. The molecule has 234 valence electrons. The largest absolute Gasteiger partial charge is 0.462 e. The summed E-state index contributed by atoms with van der Waals surface area (Å²) in [4.78, 5) is 27.6. The number of nitrogens with zero attached hydrogens (tertiary/aromatic N) is 5. The van der Waals surface area contributed by atoms with Crippen LogP contribution in [0.3, 0.4) is 0 Å². The first-order valence-electron chi connectivity index (χ1n) is 14.1. The molecule has 3 heterocycles. The van der Waals surface area contributed by atoms with Crippen LogP contribution in [0.4, 0.5) is 11.8 Å². The number of benzene rings is 1. The number of nitrogens with one attached hydrogen (secondary N) is 1. The van der Waals surface area contributed by atoms with E-state index >= 15 is 0 Å². The second-order valence-corrected chi connectivity index (χ2v) is 13.0. The minimum Gasteiger partial charge on any atom is -0.462 e. The van der Waals surface area contributed by atoms with Crippen LogP contribution in [0.2, 0.25) is 0 Å². The zero-order valence-corrected chi connectivity index (χ0v) is 25.5. The summed E-state index contributed by atoms with van der Waals surface area (Å²) in [6.45, 7) is 5.77. The van der Waals surface area contributed by atoms with E-state index in [-0.39, 0.29) is 11.7 Å². The number of hydrogen-bond acceptors (Lipinski definition) is 13. The first-order chi connectivity index (χ1) is 20.3. The normalized spacial score (nSPS) is 25.9. The number of anilines is 2. The van der Waals surface area contributed by atoms with E-state index < -0.39 is 56.5 Å². The van der Waals surface area contributed by atoms with Crippen molar-refractivity contribution in [1.29, 1.82) is 0 Å². The second kappa shape index (κ2) is 12.0. The summed E-state index contributed by atoms with van der Waals surface area (Å²) in [6, 6.07) is 7.53. The average molecular weight is 620 g/mol. The topological polar surface area (TPSA) is 196 Å². The Hall–Kier alpha value is -3.33. The predicted molar refractivity (Wildman–Crippen MR) is 156 cm³/mol. The summed E-state index contributed by atoms with van der Waals surface area (Å²) < 4.78 is 38.0. The molecule has 3 aromatic rings. The van der Waals surface area contributed by atoms with Gasteiger partial charge < -0.3 is 34.8 Å². The predicted octanol–water partition coefficient (Wildman–Crippen LogP) is 2.15. The number of para-hydroxylation sites is 1. The number of aliphatic hydroxyl groups excluding tert-OH is 1. The average Bonchev–Trinajstić information content (AvgIpc) is 3.67. The van der Waals surface area contributed by atoms with Crippen LogP contribution in [0.25, 0.3) is 11.2 Å². The van der Waals surface area contributed by atoms with Gasteiger partial charge in [0.25, 0.3) is 0 Å². The number of carbonyl (C=O) groups is 1. The summed E-state index contributed by atoms with van der Waals surface area (Å²) in [6.07, 6.45) is -0.725. The Labute approximate surface area is 248 Å². The van der Waals surface area contributed by atoms with Crippen molar-refractivity contribution in [2.45, 2.75) is 82.8 Å². The second-order valence-electron chi connectivity index (χ2n) is 11.3. The third-order valence-electron chi connectivity index (χ3n) is 7.29. The fourth-order valence-electron chi connectivity index (χ4n) is 4.85. The fraction of sp³-hybridized carbons (Fsp3) is 0.556. The van der Waals surface area contributed by atoms with Gasteiger partial charge in [0.2, 0.25) is 5.95 Å². The van der Waals surface area contributed by atoms with Crippen LogP contribution < -0.4 is 20.2 Å². The van der Waals surface area contributed by atoms with Crippen LogP contribution in [0.5, 0.6) is 5.75 Å². The number of aromatic nitrogens is 4. The van der Waals surface area contributed by atoms with Crippen LogP contribution >= 0.6 is 7.75 Å². The molecule has 0 spiro atoms. The van der Waals surface area contributed by atoms with E-state index in [0.717, 1.165) is 12.8 Å². The number of aliphatic hydroxyl groups is 2. The molecule has 2 fully saturated rings. The SMILES string of the molecule is CC(C)OC(=O)[C@H](C)N[P@](=O)(OC[C@H]1O[C@@H](n2cnc3c(N(C)C4CC4)nc(N)nc32)[C@](C)(O)[C@@H]1O)Oc1ccccc1. The lowest BCUT2D eigenvalue weighted by molar-refractivity contribution is -0.149. The van der Waals surface area contributed by atoms with E-state index in [1.165, 1.54) is 24.7 Å². The summed E-state index contributed by atoms with van der Waals surface area (Å²) in [5, 5.41) is 25.1. The fourth-order valence-corrected chi connectivity index (χ4v) is 6.36. The van der Waals surface area contributed by atoms with E-state index in [9.17, 15) is 19.6 Å². The quantitative estimate of drug-likeness (QED) is 0.170. The highest BCUT2D eigenvalue weighted by molar-refractivity contribution is 7.52. The van der Waals surface area contributed by atoms with Crippen molar-refractivity contribution in [3.8, 4) is 5.75 Å². The number of hydrogen-bond donors (Lipinski definition) is 4. The van der Waals surface area contributed by atoms with Crippen molar-refractivity contribution >= 4 is 36.6 Å². The third-order valence-corrected chi connectivity index (χ3v) is 8.93. The molecule has 1 saturated heterocycles. The molecule has 1 aromatic carbocycles. The highest BCUT2D eigenvalue weighted by atomic mass is 31.2.